The van der Waals surface area contributed by atoms with E-state index < -0.39 is 0 Å². The molecule has 0 saturated carbocycles. The van der Waals surface area contributed by atoms with Crippen LogP contribution in [0.25, 0.3) is 0 Å². The zero-order valence-electron chi connectivity index (χ0n) is 12.2. The fourth-order valence-corrected chi connectivity index (χ4v) is 2.57. The Morgan fingerprint density at radius 2 is 2.00 bits per heavy atom. The minimum absolute atomic E-state index is 0.0834. The van der Waals surface area contributed by atoms with Crippen LogP contribution in [0.2, 0.25) is 0 Å². The first-order valence-corrected chi connectivity index (χ1v) is 7.75. The second-order valence-electron chi connectivity index (χ2n) is 4.90. The molecule has 0 aromatic heterocycles. The molecule has 0 aliphatic carbocycles. The van der Waals surface area contributed by atoms with Gasteiger partial charge in [-0.05, 0) is 24.6 Å². The molecule has 6 nitrogen and oxygen atoms in total. The number of halogens is 1. The van der Waals surface area contributed by atoms with Gasteiger partial charge in [0.15, 0.2) is 0 Å². The van der Waals surface area contributed by atoms with Gasteiger partial charge in [0.1, 0.15) is 0 Å². The highest BCUT2D eigenvalue weighted by Gasteiger charge is 2.35. The molecule has 118 valence electrons. The van der Waals surface area contributed by atoms with Crippen LogP contribution in [0.4, 0.5) is 0 Å². The minimum Gasteiger partial charge on any atom is -0.385 e. The van der Waals surface area contributed by atoms with Crippen LogP contribution in [-0.4, -0.2) is 49.4 Å². The lowest BCUT2D eigenvalue weighted by atomic mass is 10.1. The Morgan fingerprint density at radius 3 is 2.73 bits per heavy atom. The van der Waals surface area contributed by atoms with Crippen LogP contribution in [0.5, 0.6) is 0 Å². The summed E-state index contributed by atoms with van der Waals surface area (Å²) in [6.45, 7) is 1.18. The lowest BCUT2D eigenvalue weighted by Gasteiger charge is -2.13. The van der Waals surface area contributed by atoms with E-state index in [0.717, 1.165) is 15.8 Å². The Bertz CT molecular complexity index is 603. The van der Waals surface area contributed by atoms with Gasteiger partial charge in [-0.25, -0.2) is 0 Å². The molecule has 0 radical (unpaired) electrons. The fraction of sp³-hybridized carbons (Fsp3) is 0.400. The maximum atomic E-state index is 12.2. The summed E-state index contributed by atoms with van der Waals surface area (Å²) in [6, 6.07) is 4.96. The molecular weight excluding hydrogens is 352 g/mol. The average molecular weight is 369 g/mol. The lowest BCUT2D eigenvalue weighted by molar-refractivity contribution is -0.121. The molecule has 2 rings (SSSR count). The molecule has 3 amide bonds. The zero-order valence-corrected chi connectivity index (χ0v) is 13.8. The smallest absolute Gasteiger partial charge is 0.261 e. The Kier molecular flexibility index (Phi) is 5.68. The van der Waals surface area contributed by atoms with E-state index in [1.165, 1.54) is 0 Å². The van der Waals surface area contributed by atoms with E-state index in [2.05, 4.69) is 21.2 Å². The molecule has 0 unspecified atom stereocenters. The summed E-state index contributed by atoms with van der Waals surface area (Å²) >= 11 is 3.28. The number of methoxy groups -OCH3 is 1. The fourth-order valence-electron chi connectivity index (χ4n) is 2.21. The number of ether oxygens (including phenoxy) is 1. The molecule has 7 heteroatoms. The number of hydrogen-bond acceptors (Lipinski definition) is 4. The monoisotopic (exact) mass is 368 g/mol. The highest BCUT2D eigenvalue weighted by atomic mass is 79.9. The molecule has 0 bridgehead atoms. The van der Waals surface area contributed by atoms with E-state index in [0.29, 0.717) is 24.3 Å². The van der Waals surface area contributed by atoms with E-state index >= 15 is 0 Å². The van der Waals surface area contributed by atoms with Crippen molar-refractivity contribution in [2.45, 2.75) is 12.8 Å². The van der Waals surface area contributed by atoms with Gasteiger partial charge in [0.2, 0.25) is 5.91 Å². The number of imide groups is 1. The molecule has 1 aliphatic rings. The number of amides is 3. The van der Waals surface area contributed by atoms with Crippen LogP contribution in [0.1, 0.15) is 33.6 Å². The average Bonchev–Trinajstić information content (AvgIpc) is 2.73. The predicted molar refractivity (Wildman–Crippen MR) is 83.6 cm³/mol. The van der Waals surface area contributed by atoms with E-state index in [1.807, 2.05) is 0 Å². The van der Waals surface area contributed by atoms with Crippen molar-refractivity contribution in [3.05, 3.63) is 33.8 Å². The number of rotatable bonds is 7. The van der Waals surface area contributed by atoms with Crippen molar-refractivity contribution in [2.75, 3.05) is 26.8 Å². The van der Waals surface area contributed by atoms with Crippen molar-refractivity contribution in [1.82, 2.24) is 10.2 Å². The van der Waals surface area contributed by atoms with Gasteiger partial charge in [0.25, 0.3) is 11.8 Å². The third-order valence-electron chi connectivity index (χ3n) is 3.34. The quantitative estimate of drug-likeness (QED) is 0.585. The Hall–Kier alpha value is -1.73. The maximum absolute atomic E-state index is 12.2. The number of hydrogen-bond donors (Lipinski definition) is 1. The Labute approximate surface area is 136 Å². The normalized spacial score (nSPS) is 13.5. The minimum atomic E-state index is -0.353. The van der Waals surface area contributed by atoms with Gasteiger partial charge >= 0.3 is 0 Å². The summed E-state index contributed by atoms with van der Waals surface area (Å²) in [5.74, 6) is -0.887. The first kappa shape index (κ1) is 16.6. The van der Waals surface area contributed by atoms with Crippen molar-refractivity contribution in [2.24, 2.45) is 0 Å². The zero-order chi connectivity index (χ0) is 16.1. The maximum Gasteiger partial charge on any atom is 0.261 e. The van der Waals surface area contributed by atoms with Gasteiger partial charge < -0.3 is 10.1 Å². The summed E-state index contributed by atoms with van der Waals surface area (Å²) in [6.07, 6.45) is 0.822. The standard InChI is InChI=1S/C15H17BrN2O4/c1-22-8-2-6-17-13(19)5-7-18-14(20)11-4-3-10(16)9-12(11)15(18)21/h3-4,9H,2,5-8H2,1H3,(H,17,19). The third-order valence-corrected chi connectivity index (χ3v) is 3.84. The van der Waals surface area contributed by atoms with Crippen LogP contribution >= 0.6 is 15.9 Å². The molecule has 0 spiro atoms. The van der Waals surface area contributed by atoms with E-state index in [4.69, 9.17) is 4.74 Å². The van der Waals surface area contributed by atoms with Crippen molar-refractivity contribution in [3.63, 3.8) is 0 Å². The van der Waals surface area contributed by atoms with E-state index in [1.54, 1.807) is 25.3 Å². The van der Waals surface area contributed by atoms with Gasteiger partial charge in [-0.3, -0.25) is 19.3 Å². The first-order chi connectivity index (χ1) is 10.5. The van der Waals surface area contributed by atoms with Crippen molar-refractivity contribution < 1.29 is 19.1 Å². The number of fused-ring (bicyclic) bond motifs is 1. The largest absolute Gasteiger partial charge is 0.385 e. The Balaban J connectivity index is 1.88. The van der Waals surface area contributed by atoms with Crippen LogP contribution in [0.3, 0.4) is 0 Å². The predicted octanol–water partition coefficient (Wildman–Crippen LogP) is 1.59. The molecular formula is C15H17BrN2O4. The van der Waals surface area contributed by atoms with Crippen LogP contribution in [0, 0.1) is 0 Å². The van der Waals surface area contributed by atoms with Crippen LogP contribution < -0.4 is 5.32 Å². The molecule has 1 aromatic carbocycles. The molecule has 0 saturated heterocycles. The van der Waals surface area contributed by atoms with Gasteiger partial charge in [0.05, 0.1) is 11.1 Å². The summed E-state index contributed by atoms with van der Waals surface area (Å²) in [4.78, 5) is 37.2. The van der Waals surface area contributed by atoms with Crippen LogP contribution in [0.15, 0.2) is 22.7 Å². The molecule has 1 N–H and O–H groups in total. The van der Waals surface area contributed by atoms with E-state index in [-0.39, 0.29) is 30.7 Å². The highest BCUT2D eigenvalue weighted by molar-refractivity contribution is 9.10. The number of carbonyl (C=O) groups excluding carboxylic acids is 3. The number of benzene rings is 1. The second kappa shape index (κ2) is 7.51. The molecule has 22 heavy (non-hydrogen) atoms. The van der Waals surface area contributed by atoms with E-state index in [9.17, 15) is 14.4 Å². The lowest BCUT2D eigenvalue weighted by Crippen LogP contribution is -2.35. The van der Waals surface area contributed by atoms with Crippen molar-refractivity contribution in [3.8, 4) is 0 Å². The summed E-state index contributed by atoms with van der Waals surface area (Å²) < 4.78 is 5.63. The van der Waals surface area contributed by atoms with Gasteiger partial charge in [0, 0.05) is 37.7 Å². The van der Waals surface area contributed by atoms with Gasteiger partial charge in [-0.1, -0.05) is 15.9 Å². The summed E-state index contributed by atoms with van der Waals surface area (Å²) in [5.41, 5.74) is 0.758. The number of nitrogens with zero attached hydrogens (tertiary/aromatic N) is 1. The Morgan fingerprint density at radius 1 is 1.27 bits per heavy atom. The molecule has 1 aromatic rings. The highest BCUT2D eigenvalue weighted by Crippen LogP contribution is 2.25. The molecule has 0 atom stereocenters. The van der Waals surface area contributed by atoms with Gasteiger partial charge in [-0.2, -0.15) is 0 Å². The van der Waals surface area contributed by atoms with Crippen LogP contribution in [-0.2, 0) is 9.53 Å². The van der Waals surface area contributed by atoms with Gasteiger partial charge in [-0.15, -0.1) is 0 Å². The SMILES string of the molecule is COCCCNC(=O)CCN1C(=O)c2ccc(Br)cc2C1=O. The van der Waals surface area contributed by atoms with Crippen molar-refractivity contribution >= 4 is 33.7 Å². The third kappa shape index (κ3) is 3.72. The summed E-state index contributed by atoms with van der Waals surface area (Å²) in [7, 11) is 1.60. The topological polar surface area (TPSA) is 75.7 Å². The first-order valence-electron chi connectivity index (χ1n) is 6.96. The number of carbonyl (C=O) groups is 3. The molecule has 1 aliphatic heterocycles. The molecule has 0 fully saturated rings. The second-order valence-corrected chi connectivity index (χ2v) is 5.81. The van der Waals surface area contributed by atoms with Crippen molar-refractivity contribution in [1.29, 1.82) is 0 Å². The number of nitrogens with one attached hydrogen (secondary N) is 1. The molecule has 1 heterocycles. The summed E-state index contributed by atoms with van der Waals surface area (Å²) in [5, 5.41) is 2.73.